The molecule has 342 valence electrons. The maximum atomic E-state index is 5.53. The van der Waals surface area contributed by atoms with E-state index in [0.29, 0.717) is 33.2 Å². The van der Waals surface area contributed by atoms with Gasteiger partial charge >= 0.3 is 0 Å². The second-order valence-corrected chi connectivity index (χ2v) is 31.8. The molecule has 5 aromatic rings. The Hall–Kier alpha value is -5.41. The van der Waals surface area contributed by atoms with Crippen LogP contribution in [0.1, 0.15) is 152 Å². The molecule has 4 nitrogen and oxygen atoms in total. The van der Waals surface area contributed by atoms with Gasteiger partial charge < -0.3 is 9.97 Å². The third-order valence-corrected chi connectivity index (χ3v) is 27.6. The Labute approximate surface area is 399 Å². The van der Waals surface area contributed by atoms with Gasteiger partial charge in [0.05, 0.1) is 44.9 Å². The third-order valence-electron chi connectivity index (χ3n) is 15.0. The first-order valence-corrected chi connectivity index (χ1v) is 29.4. The molecule has 0 aliphatic carbocycles. The molecule has 8 bridgehead atoms. The molecule has 0 fully saturated rings. The number of aromatic amines is 2. The van der Waals surface area contributed by atoms with Gasteiger partial charge in [0.15, 0.2) is 0 Å². The number of rotatable bonds is 14. The minimum absolute atomic E-state index is 0.507. The first-order chi connectivity index (χ1) is 31.6. The molecule has 0 saturated carbocycles. The van der Waals surface area contributed by atoms with Crippen molar-refractivity contribution in [1.82, 2.24) is 19.9 Å². The highest BCUT2D eigenvalue weighted by molar-refractivity contribution is 6.91. The molecule has 0 spiro atoms. The summed E-state index contributed by atoms with van der Waals surface area (Å²) in [6, 6.07) is 30.7. The van der Waals surface area contributed by atoms with E-state index in [0.717, 1.165) is 94.5 Å². The van der Waals surface area contributed by atoms with Crippen LogP contribution in [0.5, 0.6) is 0 Å². The predicted octanol–water partition coefficient (Wildman–Crippen LogP) is 16.1. The summed E-state index contributed by atoms with van der Waals surface area (Å²) in [6.45, 7) is 28.7. The Morgan fingerprint density at radius 3 is 1.09 bits per heavy atom. The summed E-state index contributed by atoms with van der Waals surface area (Å²) in [5.41, 5.74) is 26.3. The van der Waals surface area contributed by atoms with Crippen molar-refractivity contribution >= 4 is 62.5 Å². The van der Waals surface area contributed by atoms with E-state index in [1.165, 1.54) is 22.3 Å². The predicted molar refractivity (Wildman–Crippen MR) is 292 cm³/mol. The molecule has 2 aliphatic rings. The molecule has 5 heterocycles. The van der Waals surface area contributed by atoms with E-state index in [-0.39, 0.29) is 0 Å². The summed E-state index contributed by atoms with van der Waals surface area (Å²) in [5.74, 6) is 7.78. The van der Waals surface area contributed by atoms with Crippen molar-refractivity contribution in [3.8, 4) is 22.9 Å². The summed E-state index contributed by atoms with van der Waals surface area (Å²) in [7, 11) is -4.16. The van der Waals surface area contributed by atoms with Crippen LogP contribution >= 0.6 is 0 Å². The lowest BCUT2D eigenvalue weighted by atomic mass is 10.0. The van der Waals surface area contributed by atoms with E-state index in [9.17, 15) is 0 Å². The van der Waals surface area contributed by atoms with Crippen LogP contribution in [0.15, 0.2) is 84.9 Å². The highest BCUT2D eigenvalue weighted by Gasteiger charge is 2.43. The second kappa shape index (κ2) is 21.0. The molecule has 2 N–H and O–H groups in total. The van der Waals surface area contributed by atoms with E-state index < -0.39 is 16.1 Å². The van der Waals surface area contributed by atoms with Crippen LogP contribution in [-0.4, -0.2) is 36.1 Å². The number of hydrogen-bond acceptors (Lipinski definition) is 2. The number of benzene rings is 2. The number of nitrogens with zero attached hydrogens (tertiary/aromatic N) is 2. The highest BCUT2D eigenvalue weighted by atomic mass is 28.3. The van der Waals surface area contributed by atoms with Crippen molar-refractivity contribution in [3.05, 3.63) is 141 Å². The zero-order valence-electron chi connectivity index (χ0n) is 42.0. The molecule has 2 aliphatic heterocycles. The van der Waals surface area contributed by atoms with Crippen LogP contribution in [0.3, 0.4) is 0 Å². The van der Waals surface area contributed by atoms with Crippen molar-refractivity contribution in [1.29, 1.82) is 0 Å². The van der Waals surface area contributed by atoms with Crippen LogP contribution in [0, 0.1) is 22.9 Å². The molecular formula is C60H74N4Si2. The highest BCUT2D eigenvalue weighted by Crippen LogP contribution is 2.42. The Morgan fingerprint density at radius 1 is 0.394 bits per heavy atom. The van der Waals surface area contributed by atoms with Gasteiger partial charge in [-0.1, -0.05) is 156 Å². The topological polar surface area (TPSA) is 57.4 Å². The van der Waals surface area contributed by atoms with Gasteiger partial charge in [-0.2, -0.15) is 0 Å². The largest absolute Gasteiger partial charge is 0.354 e. The zero-order valence-corrected chi connectivity index (χ0v) is 44.0. The van der Waals surface area contributed by atoms with Gasteiger partial charge in [0.2, 0.25) is 0 Å². The minimum atomic E-state index is -2.09. The number of aryl methyl sites for hydroxylation is 4. The van der Waals surface area contributed by atoms with Gasteiger partial charge in [-0.3, -0.25) is 0 Å². The summed E-state index contributed by atoms with van der Waals surface area (Å²) < 4.78 is 0. The molecule has 3 aromatic heterocycles. The maximum absolute atomic E-state index is 5.53. The summed E-state index contributed by atoms with van der Waals surface area (Å²) in [4.78, 5) is 19.0. The molecule has 6 heteroatoms. The molecular weight excluding hydrogens is 833 g/mol. The normalized spacial score (nSPS) is 12.8. The van der Waals surface area contributed by atoms with Crippen molar-refractivity contribution in [2.75, 3.05) is 0 Å². The van der Waals surface area contributed by atoms with Crippen molar-refractivity contribution in [3.63, 3.8) is 0 Å². The lowest BCUT2D eigenvalue weighted by Gasteiger charge is -2.38. The second-order valence-electron chi connectivity index (χ2n) is 20.7. The van der Waals surface area contributed by atoms with Gasteiger partial charge in [-0.25, -0.2) is 9.97 Å². The smallest absolute Gasteiger partial charge is 0.146 e. The molecule has 7 rings (SSSR count). The molecule has 0 unspecified atom stereocenters. The van der Waals surface area contributed by atoms with Crippen LogP contribution in [0.25, 0.3) is 46.4 Å². The first-order valence-electron chi connectivity index (χ1n) is 24.9. The van der Waals surface area contributed by atoms with Crippen LogP contribution in [0.4, 0.5) is 0 Å². The van der Waals surface area contributed by atoms with Gasteiger partial charge in [-0.15, -0.1) is 11.1 Å². The average molecular weight is 907 g/mol. The van der Waals surface area contributed by atoms with Crippen LogP contribution < -0.4 is 0 Å². The molecule has 0 saturated heterocycles. The quantitative estimate of drug-likeness (QED) is 0.0844. The van der Waals surface area contributed by atoms with Crippen molar-refractivity contribution in [2.24, 2.45) is 0 Å². The summed E-state index contributed by atoms with van der Waals surface area (Å²) in [6.07, 6.45) is 14.5. The van der Waals surface area contributed by atoms with Crippen LogP contribution in [-0.2, 0) is 25.7 Å². The standard InChI is InChI=1S/C60H74N4Si2/c1-41(2)65(42(3)4,43(5)6)39-37-51-57-33-29-53(61-57)49(27-19-25-47-21-15-13-16-22-47)55-31-35-59(63-55)52(38-40-66(44(7)8,45(9)10)46(11)12)60-36-32-56(64-60)50(54-30-34-58(51)62-54)28-20-26-48-23-17-14-18-24-48/h13-18,21-24,29-36,41-46,61-62H,19-20,25-28H2,1-12H3. The molecule has 0 radical (unpaired) electrons. The monoisotopic (exact) mass is 907 g/mol. The van der Waals surface area contributed by atoms with Crippen molar-refractivity contribution in [2.45, 2.75) is 155 Å². The fraction of sp³-hybridized carbons (Fsp3) is 0.400. The SMILES string of the molecule is CC(C)[Si](C#Cc1c2nc(c(CCCc3ccccc3)c3ccc([nH]3)c(C#C[Si](C(C)C)(C(C)C)C(C)C)c3ccc([nH]3)c(CCCc3ccccc3)c3nc1C=C3)C=C2)(C(C)C)C(C)C. The van der Waals surface area contributed by atoms with E-state index in [1.807, 2.05) is 0 Å². The number of nitrogens with one attached hydrogen (secondary N) is 2. The van der Waals surface area contributed by atoms with Gasteiger partial charge in [0, 0.05) is 22.2 Å². The Balaban J connectivity index is 1.55. The number of aromatic nitrogens is 4. The zero-order chi connectivity index (χ0) is 47.2. The van der Waals surface area contributed by atoms with E-state index in [4.69, 9.17) is 9.97 Å². The van der Waals surface area contributed by atoms with E-state index in [1.54, 1.807) is 0 Å². The molecule has 0 atom stereocenters. The average Bonchev–Trinajstić information content (AvgIpc) is 4.13. The minimum Gasteiger partial charge on any atom is -0.354 e. The van der Waals surface area contributed by atoms with E-state index in [2.05, 4.69) is 225 Å². The lowest BCUT2D eigenvalue weighted by Crippen LogP contribution is -2.43. The first kappa shape index (κ1) is 48.5. The Bertz CT molecular complexity index is 2660. The molecule has 0 amide bonds. The van der Waals surface area contributed by atoms with Crippen molar-refractivity contribution < 1.29 is 0 Å². The fourth-order valence-corrected chi connectivity index (χ4v) is 22.0. The Kier molecular flexibility index (Phi) is 15.5. The Morgan fingerprint density at radius 2 is 0.727 bits per heavy atom. The van der Waals surface area contributed by atoms with Gasteiger partial charge in [-0.05, 0) is 131 Å². The third kappa shape index (κ3) is 10.1. The van der Waals surface area contributed by atoms with Gasteiger partial charge in [0.25, 0.3) is 0 Å². The number of hydrogen-bond donors (Lipinski definition) is 2. The summed E-state index contributed by atoms with van der Waals surface area (Å²) in [5, 5.41) is 0. The number of fused-ring (bicyclic) bond motifs is 8. The van der Waals surface area contributed by atoms with Crippen LogP contribution in [0.2, 0.25) is 33.2 Å². The van der Waals surface area contributed by atoms with Gasteiger partial charge in [0.1, 0.15) is 16.1 Å². The summed E-state index contributed by atoms with van der Waals surface area (Å²) >= 11 is 0. The lowest BCUT2D eigenvalue weighted by molar-refractivity contribution is 0.820. The van der Waals surface area contributed by atoms with E-state index >= 15 is 0 Å². The molecule has 66 heavy (non-hydrogen) atoms. The number of H-pyrrole nitrogens is 2. The molecule has 2 aromatic carbocycles. The fourth-order valence-electron chi connectivity index (χ4n) is 11.5. The maximum Gasteiger partial charge on any atom is 0.146 e.